The molecule has 0 N–H and O–H groups in total. The maximum absolute atomic E-state index is 13.0. The van der Waals surface area contributed by atoms with Crippen molar-refractivity contribution in [2.24, 2.45) is 0 Å². The summed E-state index contributed by atoms with van der Waals surface area (Å²) < 4.78 is 27.4. The summed E-state index contributed by atoms with van der Waals surface area (Å²) in [6, 6.07) is 9.62. The Bertz CT molecular complexity index is 926. The van der Waals surface area contributed by atoms with Gasteiger partial charge < -0.3 is 4.90 Å². The van der Waals surface area contributed by atoms with Crippen LogP contribution in [0.3, 0.4) is 0 Å². The minimum atomic E-state index is -3.74. The zero-order valence-corrected chi connectivity index (χ0v) is 16.6. The summed E-state index contributed by atoms with van der Waals surface area (Å²) in [6.07, 6.45) is 5.29. The second kappa shape index (κ2) is 8.66. The number of benzene rings is 1. The summed E-state index contributed by atoms with van der Waals surface area (Å²) in [5.41, 5.74) is 0.889. The van der Waals surface area contributed by atoms with E-state index in [1.165, 1.54) is 22.5 Å². The molecule has 2 heterocycles. The number of hydrogen-bond donors (Lipinski definition) is 0. The molecule has 1 saturated heterocycles. The molecule has 28 heavy (non-hydrogen) atoms. The zero-order valence-electron chi connectivity index (χ0n) is 15.8. The van der Waals surface area contributed by atoms with Gasteiger partial charge in [-0.2, -0.15) is 4.31 Å². The highest BCUT2D eigenvalue weighted by molar-refractivity contribution is 7.89. The molecule has 3 rings (SSSR count). The highest BCUT2D eigenvalue weighted by Gasteiger charge is 2.28. The van der Waals surface area contributed by atoms with Gasteiger partial charge in [-0.3, -0.25) is 15.1 Å². The second-order valence-electron chi connectivity index (χ2n) is 6.90. The number of nitro benzene ring substituents is 1. The molecule has 0 aliphatic carbocycles. The summed E-state index contributed by atoms with van der Waals surface area (Å²) >= 11 is 0. The summed E-state index contributed by atoms with van der Waals surface area (Å²) in [7, 11) is -2.02. The largest absolute Gasteiger partial charge is 0.363 e. The molecule has 0 unspecified atom stereocenters. The van der Waals surface area contributed by atoms with Crippen LogP contribution in [0.2, 0.25) is 0 Å². The van der Waals surface area contributed by atoms with Gasteiger partial charge in [0.25, 0.3) is 5.69 Å². The smallest absolute Gasteiger partial charge is 0.293 e. The van der Waals surface area contributed by atoms with Gasteiger partial charge in [0, 0.05) is 32.4 Å². The first kappa shape index (κ1) is 20.2. The van der Waals surface area contributed by atoms with Crippen molar-refractivity contribution in [1.82, 2.24) is 9.29 Å². The molecule has 1 aliphatic rings. The van der Waals surface area contributed by atoms with Crippen LogP contribution in [0.1, 0.15) is 31.4 Å². The van der Waals surface area contributed by atoms with E-state index in [1.54, 1.807) is 24.2 Å². The fourth-order valence-electron chi connectivity index (χ4n) is 3.38. The highest BCUT2D eigenvalue weighted by Crippen LogP contribution is 2.32. The maximum atomic E-state index is 13.0. The molecule has 2 aromatic rings. The standard InChI is InChI=1S/C19H24N4O4S/c1-21(15-16-8-4-5-11-20-16)18-10-9-17(14-19(18)23(24)25)28(26,27)22-12-6-2-3-7-13-22/h4-5,8-11,14H,2-3,6-7,12-13,15H2,1H3. The van der Waals surface area contributed by atoms with Gasteiger partial charge in [-0.1, -0.05) is 18.9 Å². The van der Waals surface area contributed by atoms with Gasteiger partial charge in [0.05, 0.1) is 22.1 Å². The quantitative estimate of drug-likeness (QED) is 0.542. The Hall–Kier alpha value is -2.52. The summed E-state index contributed by atoms with van der Waals surface area (Å²) in [6.45, 7) is 1.29. The first-order valence-electron chi connectivity index (χ1n) is 9.29. The van der Waals surface area contributed by atoms with Crippen LogP contribution in [-0.4, -0.2) is 42.8 Å². The summed E-state index contributed by atoms with van der Waals surface area (Å²) in [4.78, 5) is 17.0. The van der Waals surface area contributed by atoms with Gasteiger partial charge in [0.2, 0.25) is 10.0 Å². The second-order valence-corrected chi connectivity index (χ2v) is 8.84. The van der Waals surface area contributed by atoms with Crippen molar-refractivity contribution in [3.05, 3.63) is 58.4 Å². The van der Waals surface area contributed by atoms with Gasteiger partial charge in [0.15, 0.2) is 0 Å². The molecule has 150 valence electrons. The van der Waals surface area contributed by atoms with Crippen LogP contribution >= 0.6 is 0 Å². The predicted octanol–water partition coefficient (Wildman–Crippen LogP) is 3.19. The molecule has 0 atom stereocenters. The van der Waals surface area contributed by atoms with E-state index >= 15 is 0 Å². The number of rotatable bonds is 6. The van der Waals surface area contributed by atoms with Crippen LogP contribution in [0.4, 0.5) is 11.4 Å². The third kappa shape index (κ3) is 4.48. The Morgan fingerprint density at radius 2 is 1.86 bits per heavy atom. The van der Waals surface area contributed by atoms with Gasteiger partial charge in [-0.15, -0.1) is 0 Å². The zero-order chi connectivity index (χ0) is 20.1. The van der Waals surface area contributed by atoms with Gasteiger partial charge in [-0.05, 0) is 37.1 Å². The lowest BCUT2D eigenvalue weighted by molar-refractivity contribution is -0.384. The summed E-state index contributed by atoms with van der Waals surface area (Å²) in [5.74, 6) is 0. The number of nitrogens with zero attached hydrogens (tertiary/aromatic N) is 4. The van der Waals surface area contributed by atoms with E-state index in [0.717, 1.165) is 31.4 Å². The molecule has 0 bridgehead atoms. The van der Waals surface area contributed by atoms with Crippen LogP contribution in [0.5, 0.6) is 0 Å². The maximum Gasteiger partial charge on any atom is 0.293 e. The average molecular weight is 404 g/mol. The lowest BCUT2D eigenvalue weighted by Crippen LogP contribution is -2.32. The van der Waals surface area contributed by atoms with E-state index in [1.807, 2.05) is 12.1 Å². The number of nitro groups is 1. The van der Waals surface area contributed by atoms with Gasteiger partial charge >= 0.3 is 0 Å². The Morgan fingerprint density at radius 3 is 2.46 bits per heavy atom. The van der Waals surface area contributed by atoms with Crippen molar-refractivity contribution in [3.8, 4) is 0 Å². The van der Waals surface area contributed by atoms with Crippen molar-refractivity contribution < 1.29 is 13.3 Å². The summed E-state index contributed by atoms with van der Waals surface area (Å²) in [5, 5.41) is 11.6. The third-order valence-electron chi connectivity index (χ3n) is 4.88. The third-order valence-corrected chi connectivity index (χ3v) is 6.78. The first-order valence-corrected chi connectivity index (χ1v) is 10.7. The van der Waals surface area contributed by atoms with E-state index in [0.29, 0.717) is 25.3 Å². The lowest BCUT2D eigenvalue weighted by atomic mass is 10.2. The SMILES string of the molecule is CN(Cc1ccccn1)c1ccc(S(=O)(=O)N2CCCCCC2)cc1[N+](=O)[O-]. The highest BCUT2D eigenvalue weighted by atomic mass is 32.2. The molecule has 0 amide bonds. The Morgan fingerprint density at radius 1 is 1.14 bits per heavy atom. The Labute approximate surface area is 165 Å². The van der Waals surface area contributed by atoms with Crippen molar-refractivity contribution >= 4 is 21.4 Å². The monoisotopic (exact) mass is 404 g/mol. The van der Waals surface area contributed by atoms with E-state index in [4.69, 9.17) is 0 Å². The number of anilines is 1. The molecule has 0 radical (unpaired) electrons. The van der Waals surface area contributed by atoms with E-state index < -0.39 is 14.9 Å². The molecule has 1 aromatic carbocycles. The minimum absolute atomic E-state index is 0.0314. The number of aromatic nitrogens is 1. The van der Waals surface area contributed by atoms with Crippen LogP contribution in [0.15, 0.2) is 47.5 Å². The van der Waals surface area contributed by atoms with Crippen LogP contribution in [0, 0.1) is 10.1 Å². The molecule has 1 aliphatic heterocycles. The minimum Gasteiger partial charge on any atom is -0.363 e. The van der Waals surface area contributed by atoms with Crippen LogP contribution in [-0.2, 0) is 16.6 Å². The van der Waals surface area contributed by atoms with Gasteiger partial charge in [-0.25, -0.2) is 8.42 Å². The average Bonchev–Trinajstić information content (AvgIpc) is 2.98. The van der Waals surface area contributed by atoms with Crippen molar-refractivity contribution in [2.45, 2.75) is 37.1 Å². The number of pyridine rings is 1. The van der Waals surface area contributed by atoms with Gasteiger partial charge in [0.1, 0.15) is 5.69 Å². The fourth-order valence-corrected chi connectivity index (χ4v) is 4.92. The molecular formula is C19H24N4O4S. The predicted molar refractivity (Wildman–Crippen MR) is 107 cm³/mol. The molecular weight excluding hydrogens is 380 g/mol. The number of sulfonamides is 1. The van der Waals surface area contributed by atoms with E-state index in [2.05, 4.69) is 4.98 Å². The fraction of sp³-hybridized carbons (Fsp3) is 0.421. The Kier molecular flexibility index (Phi) is 6.25. The molecule has 0 saturated carbocycles. The molecule has 1 fully saturated rings. The lowest BCUT2D eigenvalue weighted by Gasteiger charge is -2.22. The van der Waals surface area contributed by atoms with Crippen LogP contribution < -0.4 is 4.90 Å². The van der Waals surface area contributed by atoms with Crippen LogP contribution in [0.25, 0.3) is 0 Å². The van der Waals surface area contributed by atoms with Crippen molar-refractivity contribution in [1.29, 1.82) is 0 Å². The van der Waals surface area contributed by atoms with Crippen molar-refractivity contribution in [3.63, 3.8) is 0 Å². The normalized spacial score (nSPS) is 15.8. The Balaban J connectivity index is 1.91. The topological polar surface area (TPSA) is 96.7 Å². The molecule has 0 spiro atoms. The van der Waals surface area contributed by atoms with E-state index in [-0.39, 0.29) is 10.6 Å². The molecule has 8 nitrogen and oxygen atoms in total. The van der Waals surface area contributed by atoms with Crippen molar-refractivity contribution in [2.75, 3.05) is 25.0 Å². The molecule has 1 aromatic heterocycles. The first-order chi connectivity index (χ1) is 13.4. The van der Waals surface area contributed by atoms with E-state index in [9.17, 15) is 18.5 Å². The molecule has 9 heteroatoms. The number of hydrogen-bond acceptors (Lipinski definition) is 6.